The zero-order chi connectivity index (χ0) is 11.8. The van der Waals surface area contributed by atoms with Crippen molar-refractivity contribution >= 4 is 6.08 Å². The second kappa shape index (κ2) is 3.61. The Bertz CT molecular complexity index is 476. The lowest BCUT2D eigenvalue weighted by Crippen LogP contribution is -2.06. The highest BCUT2D eigenvalue weighted by molar-refractivity contribution is 5.48. The molecule has 0 radical (unpaired) electrons. The molecule has 0 atom stereocenters. The van der Waals surface area contributed by atoms with Crippen LogP contribution in [0.15, 0.2) is 17.1 Å². The number of ether oxygens (including phenoxy) is 1. The zero-order valence-corrected chi connectivity index (χ0v) is 8.66. The van der Waals surface area contributed by atoms with Crippen LogP contribution >= 0.6 is 0 Å². The second-order valence-electron chi connectivity index (χ2n) is 3.74. The van der Waals surface area contributed by atoms with Crippen LogP contribution in [0.5, 0.6) is 11.5 Å². The first-order valence-electron chi connectivity index (χ1n) is 4.79. The molecule has 1 aromatic carbocycles. The molecule has 0 amide bonds. The van der Waals surface area contributed by atoms with Gasteiger partial charge in [0.15, 0.2) is 11.5 Å². The van der Waals surface area contributed by atoms with Crippen LogP contribution in [-0.2, 0) is 10.3 Å². The highest BCUT2D eigenvalue weighted by Crippen LogP contribution is 2.51. The maximum atomic E-state index is 13.6. The van der Waals surface area contributed by atoms with Gasteiger partial charge in [0.05, 0.1) is 7.11 Å². The molecule has 1 N–H and O–H groups in total. The van der Waals surface area contributed by atoms with E-state index in [4.69, 9.17) is 4.74 Å². The number of benzene rings is 1. The number of hydrogen-bond donors (Lipinski definition) is 1. The molecule has 4 nitrogen and oxygen atoms in total. The molecule has 2 rings (SSSR count). The van der Waals surface area contributed by atoms with Gasteiger partial charge in [-0.1, -0.05) is 0 Å². The van der Waals surface area contributed by atoms with E-state index in [2.05, 4.69) is 4.99 Å². The van der Waals surface area contributed by atoms with E-state index >= 15 is 0 Å². The third-order valence-electron chi connectivity index (χ3n) is 2.75. The summed E-state index contributed by atoms with van der Waals surface area (Å²) in [5.74, 6) is -0.687. The van der Waals surface area contributed by atoms with Gasteiger partial charge in [-0.25, -0.2) is 9.18 Å². The quantitative estimate of drug-likeness (QED) is 0.628. The molecule has 84 valence electrons. The Hall–Kier alpha value is -1.87. The van der Waals surface area contributed by atoms with Crippen molar-refractivity contribution in [1.29, 1.82) is 0 Å². The fourth-order valence-corrected chi connectivity index (χ4v) is 1.71. The summed E-state index contributed by atoms with van der Waals surface area (Å²) in [6, 6.07) is 2.34. The van der Waals surface area contributed by atoms with Crippen molar-refractivity contribution in [2.45, 2.75) is 18.4 Å². The molecular weight excluding hydrogens is 213 g/mol. The molecule has 0 saturated heterocycles. The van der Waals surface area contributed by atoms with Crippen molar-refractivity contribution in [3.05, 3.63) is 23.5 Å². The zero-order valence-electron chi connectivity index (χ0n) is 8.66. The molecule has 1 saturated carbocycles. The molecule has 0 aromatic heterocycles. The summed E-state index contributed by atoms with van der Waals surface area (Å²) >= 11 is 0. The number of isocyanates is 1. The molecule has 5 heteroatoms. The number of methoxy groups -OCH3 is 1. The van der Waals surface area contributed by atoms with Gasteiger partial charge in [-0.2, -0.15) is 4.99 Å². The Balaban J connectivity index is 2.53. The number of hydrogen-bond acceptors (Lipinski definition) is 4. The molecule has 1 aliphatic carbocycles. The van der Waals surface area contributed by atoms with E-state index in [1.807, 2.05) is 0 Å². The first-order valence-corrected chi connectivity index (χ1v) is 4.79. The van der Waals surface area contributed by atoms with Crippen LogP contribution in [0.2, 0.25) is 0 Å². The molecule has 0 aliphatic heterocycles. The van der Waals surface area contributed by atoms with Crippen molar-refractivity contribution in [2.75, 3.05) is 7.11 Å². The third kappa shape index (κ3) is 1.55. The van der Waals surface area contributed by atoms with E-state index in [1.54, 1.807) is 0 Å². The van der Waals surface area contributed by atoms with Crippen LogP contribution in [0.3, 0.4) is 0 Å². The molecule has 0 unspecified atom stereocenters. The maximum Gasteiger partial charge on any atom is 0.235 e. The van der Waals surface area contributed by atoms with Crippen molar-refractivity contribution in [3.63, 3.8) is 0 Å². The van der Waals surface area contributed by atoms with Gasteiger partial charge in [-0.15, -0.1) is 0 Å². The van der Waals surface area contributed by atoms with E-state index in [9.17, 15) is 14.3 Å². The Morgan fingerprint density at radius 3 is 2.75 bits per heavy atom. The van der Waals surface area contributed by atoms with Gasteiger partial charge in [-0.3, -0.25) is 0 Å². The van der Waals surface area contributed by atoms with Gasteiger partial charge in [0.25, 0.3) is 0 Å². The number of aromatic hydroxyl groups is 1. The number of aliphatic imine (C=N–C) groups is 1. The maximum absolute atomic E-state index is 13.6. The summed E-state index contributed by atoms with van der Waals surface area (Å²) in [4.78, 5) is 13.9. The normalized spacial score (nSPS) is 16.4. The first-order chi connectivity index (χ1) is 7.63. The summed E-state index contributed by atoms with van der Waals surface area (Å²) < 4.78 is 18.5. The summed E-state index contributed by atoms with van der Waals surface area (Å²) in [5, 5.41) is 9.36. The van der Waals surface area contributed by atoms with Crippen LogP contribution in [0.25, 0.3) is 0 Å². The largest absolute Gasteiger partial charge is 0.504 e. The van der Waals surface area contributed by atoms with Crippen molar-refractivity contribution in [1.82, 2.24) is 0 Å². The van der Waals surface area contributed by atoms with Crippen molar-refractivity contribution in [3.8, 4) is 11.5 Å². The van der Waals surface area contributed by atoms with E-state index < -0.39 is 11.4 Å². The van der Waals surface area contributed by atoms with Crippen molar-refractivity contribution in [2.24, 2.45) is 4.99 Å². The fourth-order valence-electron chi connectivity index (χ4n) is 1.71. The van der Waals surface area contributed by atoms with Crippen LogP contribution in [0, 0.1) is 5.82 Å². The SMILES string of the molecule is COc1cc(C2(N=C=O)CC2)c(F)cc1O. The van der Waals surface area contributed by atoms with Gasteiger partial charge in [0.1, 0.15) is 11.4 Å². The standard InChI is InChI=1S/C11H10FNO3/c1-16-10-4-7(8(12)5-9(10)15)11(2-3-11)13-6-14/h4-5,15H,2-3H2,1H3. The topological polar surface area (TPSA) is 58.9 Å². The Kier molecular flexibility index (Phi) is 2.40. The minimum absolute atomic E-state index is 0.170. The van der Waals surface area contributed by atoms with E-state index in [0.717, 1.165) is 6.07 Å². The highest BCUT2D eigenvalue weighted by atomic mass is 19.1. The Labute approximate surface area is 91.4 Å². The fraction of sp³-hybridized carbons (Fsp3) is 0.364. The van der Waals surface area contributed by atoms with Gasteiger partial charge in [-0.05, 0) is 18.9 Å². The van der Waals surface area contributed by atoms with Gasteiger partial charge < -0.3 is 9.84 Å². The third-order valence-corrected chi connectivity index (χ3v) is 2.75. The number of carbonyl (C=O) groups excluding carboxylic acids is 1. The smallest absolute Gasteiger partial charge is 0.235 e. The predicted molar refractivity (Wildman–Crippen MR) is 53.7 cm³/mol. The van der Waals surface area contributed by atoms with E-state index in [0.29, 0.717) is 12.8 Å². The van der Waals surface area contributed by atoms with Crippen LogP contribution in [-0.4, -0.2) is 18.3 Å². The molecule has 1 fully saturated rings. The average molecular weight is 223 g/mol. The molecule has 16 heavy (non-hydrogen) atoms. The lowest BCUT2D eigenvalue weighted by atomic mass is 10.0. The number of rotatable bonds is 3. The van der Waals surface area contributed by atoms with Crippen LogP contribution < -0.4 is 4.74 Å². The van der Waals surface area contributed by atoms with Crippen LogP contribution in [0.4, 0.5) is 4.39 Å². The van der Waals surface area contributed by atoms with Gasteiger partial charge >= 0.3 is 0 Å². The first kappa shape index (κ1) is 10.6. The average Bonchev–Trinajstić information content (AvgIpc) is 2.99. The summed E-state index contributed by atoms with van der Waals surface area (Å²) in [6.07, 6.45) is 2.66. The molecule has 1 aliphatic rings. The monoisotopic (exact) mass is 223 g/mol. The lowest BCUT2D eigenvalue weighted by Gasteiger charge is -2.12. The predicted octanol–water partition coefficient (Wildman–Crippen LogP) is 1.86. The minimum Gasteiger partial charge on any atom is -0.504 e. The summed E-state index contributed by atoms with van der Waals surface area (Å²) in [5.41, 5.74) is -0.530. The molecule has 1 aromatic rings. The molecule has 0 spiro atoms. The molecular formula is C11H10FNO3. The van der Waals surface area contributed by atoms with Gasteiger partial charge in [0, 0.05) is 11.6 Å². The molecule has 0 heterocycles. The summed E-state index contributed by atoms with van der Waals surface area (Å²) in [7, 11) is 1.37. The molecule has 0 bridgehead atoms. The number of phenols is 1. The van der Waals surface area contributed by atoms with Crippen molar-refractivity contribution < 1.29 is 19.0 Å². The lowest BCUT2D eigenvalue weighted by molar-refractivity contribution is 0.369. The van der Waals surface area contributed by atoms with Gasteiger partial charge in [0.2, 0.25) is 6.08 Å². The Morgan fingerprint density at radius 2 is 2.25 bits per heavy atom. The summed E-state index contributed by atoms with van der Waals surface area (Å²) in [6.45, 7) is 0. The number of nitrogens with zero attached hydrogens (tertiary/aromatic N) is 1. The number of halogens is 1. The van der Waals surface area contributed by atoms with Crippen LogP contribution in [0.1, 0.15) is 18.4 Å². The minimum atomic E-state index is -0.799. The Morgan fingerprint density at radius 1 is 1.56 bits per heavy atom. The van der Waals surface area contributed by atoms with E-state index in [-0.39, 0.29) is 17.1 Å². The number of phenolic OH excluding ortho intramolecular Hbond substituents is 1. The van der Waals surface area contributed by atoms with E-state index in [1.165, 1.54) is 19.3 Å². The second-order valence-corrected chi connectivity index (χ2v) is 3.74. The highest BCUT2D eigenvalue weighted by Gasteiger charge is 2.47.